The third-order valence-corrected chi connectivity index (χ3v) is 4.08. The van der Waals surface area contributed by atoms with Crippen molar-refractivity contribution in [1.82, 2.24) is 10.6 Å². The average molecular weight is 317 g/mol. The van der Waals surface area contributed by atoms with Gasteiger partial charge in [-0.3, -0.25) is 0 Å². The van der Waals surface area contributed by atoms with Gasteiger partial charge in [0.1, 0.15) is 5.75 Å². The van der Waals surface area contributed by atoms with Crippen LogP contribution in [0.4, 0.5) is 0 Å². The maximum absolute atomic E-state index is 5.43. The molecule has 1 aromatic carbocycles. The second-order valence-electron chi connectivity index (χ2n) is 4.94. The van der Waals surface area contributed by atoms with Crippen molar-refractivity contribution in [3.05, 3.63) is 51.7 Å². The Morgan fingerprint density at radius 2 is 2.14 bits per heavy atom. The molecule has 2 aromatic rings. The van der Waals surface area contributed by atoms with E-state index in [4.69, 9.17) is 4.74 Å². The van der Waals surface area contributed by atoms with Crippen LogP contribution in [0.25, 0.3) is 0 Å². The SMILES string of the molecule is CCNC(=NCc1ccc(C)cc1OC)NCc1cccs1. The first-order valence-corrected chi connectivity index (χ1v) is 8.29. The number of aryl methyl sites for hydroxylation is 1. The van der Waals surface area contributed by atoms with Gasteiger partial charge in [-0.05, 0) is 36.9 Å². The van der Waals surface area contributed by atoms with Gasteiger partial charge in [0.15, 0.2) is 5.96 Å². The van der Waals surface area contributed by atoms with Crippen LogP contribution in [0.5, 0.6) is 5.75 Å². The molecule has 22 heavy (non-hydrogen) atoms. The third kappa shape index (κ3) is 4.77. The summed E-state index contributed by atoms with van der Waals surface area (Å²) >= 11 is 1.74. The molecular weight excluding hydrogens is 294 g/mol. The van der Waals surface area contributed by atoms with Crippen molar-refractivity contribution in [2.24, 2.45) is 4.99 Å². The number of benzene rings is 1. The van der Waals surface area contributed by atoms with Gasteiger partial charge >= 0.3 is 0 Å². The lowest BCUT2D eigenvalue weighted by molar-refractivity contribution is 0.409. The van der Waals surface area contributed by atoms with Gasteiger partial charge in [-0.15, -0.1) is 11.3 Å². The van der Waals surface area contributed by atoms with Gasteiger partial charge in [0, 0.05) is 17.0 Å². The minimum atomic E-state index is 0.587. The van der Waals surface area contributed by atoms with Crippen molar-refractivity contribution in [3.8, 4) is 5.75 Å². The largest absolute Gasteiger partial charge is 0.496 e. The van der Waals surface area contributed by atoms with Crippen molar-refractivity contribution in [2.75, 3.05) is 13.7 Å². The van der Waals surface area contributed by atoms with E-state index in [0.29, 0.717) is 6.54 Å². The molecule has 0 bridgehead atoms. The fourth-order valence-corrected chi connectivity index (χ4v) is 2.72. The third-order valence-electron chi connectivity index (χ3n) is 3.20. The van der Waals surface area contributed by atoms with Crippen LogP contribution in [0.3, 0.4) is 0 Å². The Hall–Kier alpha value is -2.01. The van der Waals surface area contributed by atoms with Crippen LogP contribution in [0.1, 0.15) is 22.9 Å². The molecule has 0 unspecified atom stereocenters. The highest BCUT2D eigenvalue weighted by Gasteiger charge is 2.04. The Morgan fingerprint density at radius 3 is 2.82 bits per heavy atom. The van der Waals surface area contributed by atoms with E-state index in [1.54, 1.807) is 18.4 Å². The number of methoxy groups -OCH3 is 1. The number of guanidine groups is 1. The van der Waals surface area contributed by atoms with Crippen LogP contribution >= 0.6 is 11.3 Å². The fraction of sp³-hybridized carbons (Fsp3) is 0.353. The molecule has 0 spiro atoms. The highest BCUT2D eigenvalue weighted by molar-refractivity contribution is 7.09. The first-order valence-electron chi connectivity index (χ1n) is 7.41. The molecule has 1 heterocycles. The lowest BCUT2D eigenvalue weighted by atomic mass is 10.1. The van der Waals surface area contributed by atoms with Crippen molar-refractivity contribution in [2.45, 2.75) is 26.9 Å². The van der Waals surface area contributed by atoms with Gasteiger partial charge in [-0.2, -0.15) is 0 Å². The Morgan fingerprint density at radius 1 is 1.27 bits per heavy atom. The molecule has 2 N–H and O–H groups in total. The molecule has 4 nitrogen and oxygen atoms in total. The second kappa shape index (κ2) is 8.44. The Balaban J connectivity index is 2.03. The van der Waals surface area contributed by atoms with Crippen LogP contribution < -0.4 is 15.4 Å². The quantitative estimate of drug-likeness (QED) is 0.634. The van der Waals surface area contributed by atoms with Gasteiger partial charge < -0.3 is 15.4 Å². The van der Waals surface area contributed by atoms with Crippen molar-refractivity contribution in [3.63, 3.8) is 0 Å². The fourth-order valence-electron chi connectivity index (χ4n) is 2.07. The van der Waals surface area contributed by atoms with E-state index in [1.807, 2.05) is 6.07 Å². The predicted molar refractivity (Wildman–Crippen MR) is 93.7 cm³/mol. The number of hydrogen-bond acceptors (Lipinski definition) is 3. The van der Waals surface area contributed by atoms with E-state index in [0.717, 1.165) is 30.4 Å². The van der Waals surface area contributed by atoms with Gasteiger partial charge in [-0.25, -0.2) is 4.99 Å². The second-order valence-corrected chi connectivity index (χ2v) is 5.98. The first-order chi connectivity index (χ1) is 10.7. The van der Waals surface area contributed by atoms with Crippen molar-refractivity contribution >= 4 is 17.3 Å². The van der Waals surface area contributed by atoms with Crippen LogP contribution in [-0.2, 0) is 13.1 Å². The Labute approximate surface area is 136 Å². The lowest BCUT2D eigenvalue weighted by Gasteiger charge is -2.12. The summed E-state index contributed by atoms with van der Waals surface area (Å²) in [6, 6.07) is 10.4. The minimum absolute atomic E-state index is 0.587. The molecule has 118 valence electrons. The van der Waals surface area contributed by atoms with E-state index >= 15 is 0 Å². The Bertz CT molecular complexity index is 608. The zero-order valence-corrected chi connectivity index (χ0v) is 14.2. The van der Waals surface area contributed by atoms with E-state index < -0.39 is 0 Å². The van der Waals surface area contributed by atoms with Crippen molar-refractivity contribution < 1.29 is 4.74 Å². The van der Waals surface area contributed by atoms with E-state index in [9.17, 15) is 0 Å². The smallest absolute Gasteiger partial charge is 0.191 e. The highest BCUT2D eigenvalue weighted by atomic mass is 32.1. The molecule has 0 saturated heterocycles. The zero-order valence-electron chi connectivity index (χ0n) is 13.3. The van der Waals surface area contributed by atoms with Gasteiger partial charge in [0.25, 0.3) is 0 Å². The number of hydrogen-bond donors (Lipinski definition) is 2. The van der Waals surface area contributed by atoms with Crippen LogP contribution in [-0.4, -0.2) is 19.6 Å². The number of thiophene rings is 1. The molecular formula is C17H23N3OS. The van der Waals surface area contributed by atoms with Gasteiger partial charge in [0.2, 0.25) is 0 Å². The first kappa shape index (κ1) is 16.4. The van der Waals surface area contributed by atoms with Crippen LogP contribution in [0.15, 0.2) is 40.7 Å². The highest BCUT2D eigenvalue weighted by Crippen LogP contribution is 2.20. The van der Waals surface area contributed by atoms with E-state index in [1.165, 1.54) is 10.4 Å². The maximum atomic E-state index is 5.43. The standard InChI is InChI=1S/C17H23N3OS/c1-4-18-17(20-12-15-6-5-9-22-15)19-11-14-8-7-13(2)10-16(14)21-3/h5-10H,4,11-12H2,1-3H3,(H2,18,19,20). The number of ether oxygens (including phenoxy) is 1. The topological polar surface area (TPSA) is 45.7 Å². The predicted octanol–water partition coefficient (Wildman–Crippen LogP) is 3.32. The Kier molecular flexibility index (Phi) is 6.27. The van der Waals surface area contributed by atoms with E-state index in [-0.39, 0.29) is 0 Å². The van der Waals surface area contributed by atoms with E-state index in [2.05, 4.69) is 59.1 Å². The number of nitrogens with zero attached hydrogens (tertiary/aromatic N) is 1. The van der Waals surface area contributed by atoms with Crippen LogP contribution in [0.2, 0.25) is 0 Å². The van der Waals surface area contributed by atoms with Gasteiger partial charge in [0.05, 0.1) is 20.2 Å². The molecule has 0 fully saturated rings. The molecule has 0 saturated carbocycles. The molecule has 1 aromatic heterocycles. The minimum Gasteiger partial charge on any atom is -0.496 e. The zero-order chi connectivity index (χ0) is 15.8. The maximum Gasteiger partial charge on any atom is 0.191 e. The van der Waals surface area contributed by atoms with Gasteiger partial charge in [-0.1, -0.05) is 18.2 Å². The summed E-state index contributed by atoms with van der Waals surface area (Å²) in [7, 11) is 1.70. The summed E-state index contributed by atoms with van der Waals surface area (Å²) < 4.78 is 5.43. The summed E-state index contributed by atoms with van der Waals surface area (Å²) in [4.78, 5) is 5.93. The number of rotatable bonds is 6. The molecule has 0 aliphatic rings. The molecule has 2 rings (SSSR count). The molecule has 0 radical (unpaired) electrons. The van der Waals surface area contributed by atoms with Crippen LogP contribution in [0, 0.1) is 6.92 Å². The lowest BCUT2D eigenvalue weighted by Crippen LogP contribution is -2.36. The molecule has 0 aliphatic carbocycles. The summed E-state index contributed by atoms with van der Waals surface area (Å²) in [5.74, 6) is 1.70. The molecule has 0 aliphatic heterocycles. The normalized spacial score (nSPS) is 11.3. The summed E-state index contributed by atoms with van der Waals surface area (Å²) in [5, 5.41) is 8.70. The summed E-state index contributed by atoms with van der Waals surface area (Å²) in [6.45, 7) is 6.33. The molecule has 0 amide bonds. The summed E-state index contributed by atoms with van der Waals surface area (Å²) in [6.07, 6.45) is 0. The average Bonchev–Trinajstić information content (AvgIpc) is 3.04. The monoisotopic (exact) mass is 317 g/mol. The number of nitrogens with one attached hydrogen (secondary N) is 2. The molecule has 0 atom stereocenters. The van der Waals surface area contributed by atoms with Crippen molar-refractivity contribution in [1.29, 1.82) is 0 Å². The molecule has 5 heteroatoms. The summed E-state index contributed by atoms with van der Waals surface area (Å²) in [5.41, 5.74) is 2.27. The number of aliphatic imine (C=N–C) groups is 1.